The van der Waals surface area contributed by atoms with E-state index in [1.807, 2.05) is 0 Å². The van der Waals surface area contributed by atoms with Crippen molar-refractivity contribution in [1.29, 1.82) is 0 Å². The number of nitrogens with two attached hydrogens (primary N) is 1. The van der Waals surface area contributed by atoms with Gasteiger partial charge in [-0.2, -0.15) is 13.2 Å². The zero-order valence-electron chi connectivity index (χ0n) is 11.3. The SMILES string of the molecule is CC(CCN)CCc1nc2ccc(C(F)(F)F)cc2[nH]1. The number of nitrogens with one attached hydrogen (secondary N) is 1. The molecule has 110 valence electrons. The molecule has 1 aromatic heterocycles. The number of hydrogen-bond donors (Lipinski definition) is 2. The van der Waals surface area contributed by atoms with E-state index in [-0.39, 0.29) is 0 Å². The average Bonchev–Trinajstić information content (AvgIpc) is 2.77. The number of nitrogens with zero attached hydrogens (tertiary/aromatic N) is 1. The van der Waals surface area contributed by atoms with Crippen LogP contribution in [-0.4, -0.2) is 16.5 Å². The second-order valence-electron chi connectivity index (χ2n) is 5.13. The second kappa shape index (κ2) is 5.83. The number of fused-ring (bicyclic) bond motifs is 1. The highest BCUT2D eigenvalue weighted by molar-refractivity contribution is 5.76. The molecule has 0 bridgehead atoms. The van der Waals surface area contributed by atoms with E-state index in [2.05, 4.69) is 16.9 Å². The molecule has 1 heterocycles. The van der Waals surface area contributed by atoms with Gasteiger partial charge in [0.2, 0.25) is 0 Å². The fourth-order valence-corrected chi connectivity index (χ4v) is 2.17. The Bertz CT molecular complexity index is 575. The molecule has 6 heteroatoms. The van der Waals surface area contributed by atoms with Crippen LogP contribution in [0.1, 0.15) is 31.2 Å². The van der Waals surface area contributed by atoms with Crippen molar-refractivity contribution in [3.8, 4) is 0 Å². The number of benzene rings is 1. The predicted molar refractivity (Wildman–Crippen MR) is 72.3 cm³/mol. The van der Waals surface area contributed by atoms with Crippen molar-refractivity contribution in [2.24, 2.45) is 11.7 Å². The molecule has 0 aliphatic rings. The first kappa shape index (κ1) is 14.8. The van der Waals surface area contributed by atoms with Gasteiger partial charge in [-0.1, -0.05) is 6.92 Å². The number of hydrogen-bond acceptors (Lipinski definition) is 2. The number of H-pyrrole nitrogens is 1. The molecule has 0 amide bonds. The fourth-order valence-electron chi connectivity index (χ4n) is 2.17. The molecule has 2 rings (SSSR count). The highest BCUT2D eigenvalue weighted by Crippen LogP contribution is 2.30. The van der Waals surface area contributed by atoms with Crippen molar-refractivity contribution in [2.75, 3.05) is 6.54 Å². The third kappa shape index (κ3) is 3.50. The first-order valence-electron chi connectivity index (χ1n) is 6.66. The molecule has 3 N–H and O–H groups in total. The van der Waals surface area contributed by atoms with Crippen LogP contribution in [-0.2, 0) is 12.6 Å². The number of aryl methyl sites for hydroxylation is 1. The molecular weight excluding hydrogens is 267 g/mol. The van der Waals surface area contributed by atoms with Crippen molar-refractivity contribution in [3.05, 3.63) is 29.6 Å². The van der Waals surface area contributed by atoms with E-state index in [1.54, 1.807) is 0 Å². The highest BCUT2D eigenvalue weighted by atomic mass is 19.4. The molecule has 0 fully saturated rings. The lowest BCUT2D eigenvalue weighted by Gasteiger charge is -2.07. The molecule has 1 atom stereocenters. The lowest BCUT2D eigenvalue weighted by Crippen LogP contribution is -2.06. The maximum atomic E-state index is 12.6. The molecule has 0 radical (unpaired) electrons. The molecule has 0 aliphatic heterocycles. The summed E-state index contributed by atoms with van der Waals surface area (Å²) in [5.41, 5.74) is 5.83. The second-order valence-corrected chi connectivity index (χ2v) is 5.13. The van der Waals surface area contributed by atoms with Gasteiger partial charge < -0.3 is 10.7 Å². The summed E-state index contributed by atoms with van der Waals surface area (Å²) in [6.07, 6.45) is -1.74. The first-order valence-corrected chi connectivity index (χ1v) is 6.66. The Morgan fingerprint density at radius 2 is 2.05 bits per heavy atom. The predicted octanol–water partition coefficient (Wildman–Crippen LogP) is 3.50. The maximum absolute atomic E-state index is 12.6. The fraction of sp³-hybridized carbons (Fsp3) is 0.500. The van der Waals surface area contributed by atoms with Crippen LogP contribution in [0, 0.1) is 5.92 Å². The average molecular weight is 285 g/mol. The van der Waals surface area contributed by atoms with Gasteiger partial charge in [0.15, 0.2) is 0 Å². The molecule has 0 saturated heterocycles. The molecule has 2 aromatic rings. The summed E-state index contributed by atoms with van der Waals surface area (Å²) in [6.45, 7) is 2.76. The van der Waals surface area contributed by atoms with Crippen LogP contribution >= 0.6 is 0 Å². The number of alkyl halides is 3. The largest absolute Gasteiger partial charge is 0.416 e. The number of imidazole rings is 1. The molecule has 20 heavy (non-hydrogen) atoms. The summed E-state index contributed by atoms with van der Waals surface area (Å²) in [6, 6.07) is 3.57. The van der Waals surface area contributed by atoms with E-state index in [0.717, 1.165) is 37.2 Å². The summed E-state index contributed by atoms with van der Waals surface area (Å²) in [4.78, 5) is 7.28. The van der Waals surface area contributed by atoms with Crippen molar-refractivity contribution < 1.29 is 13.2 Å². The Morgan fingerprint density at radius 3 is 2.70 bits per heavy atom. The Balaban J connectivity index is 2.13. The van der Waals surface area contributed by atoms with Gasteiger partial charge >= 0.3 is 6.18 Å². The Kier molecular flexibility index (Phi) is 4.32. The van der Waals surface area contributed by atoms with Gasteiger partial charge in [-0.15, -0.1) is 0 Å². The first-order chi connectivity index (χ1) is 9.40. The summed E-state index contributed by atoms with van der Waals surface area (Å²) in [5.74, 6) is 1.21. The third-order valence-electron chi connectivity index (χ3n) is 3.39. The van der Waals surface area contributed by atoms with Crippen LogP contribution in [0.5, 0.6) is 0 Å². The van der Waals surface area contributed by atoms with Gasteiger partial charge in [0, 0.05) is 6.42 Å². The summed E-state index contributed by atoms with van der Waals surface area (Å²) in [7, 11) is 0. The molecule has 1 unspecified atom stereocenters. The monoisotopic (exact) mass is 285 g/mol. The number of rotatable bonds is 5. The number of aromatic amines is 1. The van der Waals surface area contributed by atoms with E-state index < -0.39 is 11.7 Å². The third-order valence-corrected chi connectivity index (χ3v) is 3.39. The Labute approximate surface area is 115 Å². The van der Waals surface area contributed by atoms with Gasteiger partial charge in [0.1, 0.15) is 5.82 Å². The zero-order chi connectivity index (χ0) is 14.8. The van der Waals surface area contributed by atoms with Gasteiger partial charge in [-0.05, 0) is 43.5 Å². The highest BCUT2D eigenvalue weighted by Gasteiger charge is 2.30. The summed E-state index contributed by atoms with van der Waals surface area (Å²) >= 11 is 0. The van der Waals surface area contributed by atoms with Gasteiger partial charge in [-0.25, -0.2) is 4.98 Å². The minimum absolute atomic E-state index is 0.432. The van der Waals surface area contributed by atoms with Crippen molar-refractivity contribution >= 4 is 11.0 Å². The lowest BCUT2D eigenvalue weighted by atomic mass is 10.0. The number of halogens is 3. The summed E-state index contributed by atoms with van der Waals surface area (Å²) < 4.78 is 37.8. The van der Waals surface area contributed by atoms with Gasteiger partial charge in [0.05, 0.1) is 16.6 Å². The lowest BCUT2D eigenvalue weighted by molar-refractivity contribution is -0.137. The van der Waals surface area contributed by atoms with Gasteiger partial charge in [-0.3, -0.25) is 0 Å². The van der Waals surface area contributed by atoms with E-state index >= 15 is 0 Å². The van der Waals surface area contributed by atoms with Crippen molar-refractivity contribution in [2.45, 2.75) is 32.4 Å². The molecule has 0 saturated carbocycles. The van der Waals surface area contributed by atoms with E-state index in [9.17, 15) is 13.2 Å². The topological polar surface area (TPSA) is 54.7 Å². The van der Waals surface area contributed by atoms with Crippen molar-refractivity contribution in [3.63, 3.8) is 0 Å². The van der Waals surface area contributed by atoms with Crippen LogP contribution in [0.2, 0.25) is 0 Å². The van der Waals surface area contributed by atoms with Crippen LogP contribution < -0.4 is 5.73 Å². The van der Waals surface area contributed by atoms with Crippen molar-refractivity contribution in [1.82, 2.24) is 9.97 Å². The molecular formula is C14H18F3N3. The smallest absolute Gasteiger partial charge is 0.342 e. The number of aromatic nitrogens is 2. The van der Waals surface area contributed by atoms with E-state index in [0.29, 0.717) is 23.5 Å². The molecule has 0 aliphatic carbocycles. The van der Waals surface area contributed by atoms with Crippen LogP contribution in [0.15, 0.2) is 18.2 Å². The molecule has 1 aromatic carbocycles. The minimum atomic E-state index is -4.32. The van der Waals surface area contributed by atoms with E-state index in [4.69, 9.17) is 5.73 Å². The normalized spacial score (nSPS) is 13.8. The van der Waals surface area contributed by atoms with Crippen LogP contribution in [0.25, 0.3) is 11.0 Å². The Morgan fingerprint density at radius 1 is 1.30 bits per heavy atom. The minimum Gasteiger partial charge on any atom is -0.342 e. The standard InChI is InChI=1S/C14H18F3N3/c1-9(6-7-18)2-5-13-19-11-4-3-10(14(15,16)17)8-12(11)20-13/h3-4,8-9H,2,5-7,18H2,1H3,(H,19,20). The Hall–Kier alpha value is -1.56. The zero-order valence-corrected chi connectivity index (χ0v) is 11.3. The van der Waals surface area contributed by atoms with Crippen LogP contribution in [0.3, 0.4) is 0 Å². The summed E-state index contributed by atoms with van der Waals surface area (Å²) in [5, 5.41) is 0. The molecule has 3 nitrogen and oxygen atoms in total. The van der Waals surface area contributed by atoms with Gasteiger partial charge in [0.25, 0.3) is 0 Å². The molecule has 0 spiro atoms. The van der Waals surface area contributed by atoms with E-state index in [1.165, 1.54) is 6.07 Å². The van der Waals surface area contributed by atoms with Crippen LogP contribution in [0.4, 0.5) is 13.2 Å². The quantitative estimate of drug-likeness (QED) is 0.883. The maximum Gasteiger partial charge on any atom is 0.416 e.